The Hall–Kier alpha value is -4.09. The number of rotatable bonds is 7. The fraction of sp³-hybridized carbons (Fsp3) is 0.474. The second kappa shape index (κ2) is 13.0. The molecule has 0 bridgehead atoms. The van der Waals surface area contributed by atoms with Gasteiger partial charge in [0.15, 0.2) is 0 Å². The highest BCUT2D eigenvalue weighted by atomic mass is 19.1. The standard InChI is InChI=1S/C38H46BFN2O7/c1-36(2,3)47-35(44)41-20-12-15-30(41)34(43)42-31-22-25(45-8)16-19-28(31)32(39-48-37(4,5)38(6,7)49-39)33(42)27-18-17-26(21-29(27)40)46-23-24-13-10-9-11-14-24/h9-11,13-14,16-19,21-22,30,32-33H,12,15,20,23H2,1-8H3/t30-,32-,33-/m0/s1. The molecule has 2 saturated heterocycles. The summed E-state index contributed by atoms with van der Waals surface area (Å²) >= 11 is 0. The lowest BCUT2D eigenvalue weighted by Gasteiger charge is -2.35. The third-order valence-corrected chi connectivity index (χ3v) is 9.98. The monoisotopic (exact) mass is 672 g/mol. The molecule has 0 saturated carbocycles. The van der Waals surface area contributed by atoms with Crippen molar-refractivity contribution < 1.29 is 37.5 Å². The predicted octanol–water partition coefficient (Wildman–Crippen LogP) is 7.62. The van der Waals surface area contributed by atoms with E-state index in [-0.39, 0.29) is 18.1 Å². The zero-order chi connectivity index (χ0) is 35.3. The summed E-state index contributed by atoms with van der Waals surface area (Å²) in [6.45, 7) is 13.9. The quantitative estimate of drug-likeness (QED) is 0.239. The number of hydrogen-bond donors (Lipinski definition) is 0. The van der Waals surface area contributed by atoms with E-state index in [4.69, 9.17) is 23.5 Å². The Balaban J connectivity index is 1.44. The van der Waals surface area contributed by atoms with Crippen molar-refractivity contribution in [2.75, 3.05) is 18.6 Å². The van der Waals surface area contributed by atoms with Gasteiger partial charge >= 0.3 is 13.2 Å². The fourth-order valence-electron chi connectivity index (χ4n) is 6.84. The number of nitrogens with zero attached hydrogens (tertiary/aromatic N) is 2. The van der Waals surface area contributed by atoms with Crippen LogP contribution in [-0.2, 0) is 25.4 Å². The van der Waals surface area contributed by atoms with E-state index in [2.05, 4.69) is 0 Å². The van der Waals surface area contributed by atoms with Crippen LogP contribution in [0.3, 0.4) is 0 Å². The first-order valence-electron chi connectivity index (χ1n) is 16.9. The molecule has 260 valence electrons. The Morgan fingerprint density at radius 1 is 0.939 bits per heavy atom. The minimum Gasteiger partial charge on any atom is -0.497 e. The summed E-state index contributed by atoms with van der Waals surface area (Å²) in [5, 5.41) is 0. The Kier molecular flexibility index (Phi) is 9.21. The molecule has 3 atom stereocenters. The summed E-state index contributed by atoms with van der Waals surface area (Å²) < 4.78 is 47.0. The topological polar surface area (TPSA) is 86.8 Å². The summed E-state index contributed by atoms with van der Waals surface area (Å²) in [4.78, 5) is 31.4. The average molecular weight is 673 g/mol. The molecule has 0 unspecified atom stereocenters. The number of ether oxygens (including phenoxy) is 3. The van der Waals surface area contributed by atoms with Crippen LogP contribution in [0.2, 0.25) is 0 Å². The second-order valence-corrected chi connectivity index (χ2v) is 15.0. The van der Waals surface area contributed by atoms with Gasteiger partial charge < -0.3 is 28.4 Å². The van der Waals surface area contributed by atoms with E-state index in [0.717, 1.165) is 11.1 Å². The van der Waals surface area contributed by atoms with Crippen molar-refractivity contribution >= 4 is 24.8 Å². The Bertz CT molecular complexity index is 1690. The van der Waals surface area contributed by atoms with Gasteiger partial charge in [-0.3, -0.25) is 9.69 Å². The third-order valence-electron chi connectivity index (χ3n) is 9.98. The molecule has 0 aliphatic carbocycles. The normalized spacial score (nSPS) is 22.6. The van der Waals surface area contributed by atoms with Crippen LogP contribution in [0.5, 0.6) is 11.5 Å². The smallest absolute Gasteiger partial charge is 0.468 e. The van der Waals surface area contributed by atoms with E-state index < -0.39 is 53.7 Å². The van der Waals surface area contributed by atoms with Crippen LogP contribution in [0, 0.1) is 5.82 Å². The number of amides is 2. The van der Waals surface area contributed by atoms with Crippen LogP contribution in [-0.4, -0.2) is 60.5 Å². The lowest BCUT2D eigenvalue weighted by Crippen LogP contribution is -2.50. The SMILES string of the molecule is COc1ccc2c(c1)N(C(=O)[C@@H]1CCCN1C(=O)OC(C)(C)C)[C@@H](c1ccc(OCc3ccccc3)cc1F)[C@H]2B1OC(C)(C)C(C)(C)O1. The Morgan fingerprint density at radius 2 is 1.59 bits per heavy atom. The van der Waals surface area contributed by atoms with Gasteiger partial charge in [-0.1, -0.05) is 42.5 Å². The molecule has 3 heterocycles. The van der Waals surface area contributed by atoms with Crippen molar-refractivity contribution in [3.8, 4) is 11.5 Å². The number of carbonyl (C=O) groups excluding carboxylic acids is 2. The van der Waals surface area contributed by atoms with Gasteiger partial charge in [0, 0.05) is 30.1 Å². The van der Waals surface area contributed by atoms with Crippen molar-refractivity contribution in [3.05, 3.63) is 89.2 Å². The van der Waals surface area contributed by atoms with Gasteiger partial charge in [0.25, 0.3) is 5.91 Å². The zero-order valence-corrected chi connectivity index (χ0v) is 29.6. The van der Waals surface area contributed by atoms with Crippen molar-refractivity contribution in [3.63, 3.8) is 0 Å². The van der Waals surface area contributed by atoms with Gasteiger partial charge in [-0.15, -0.1) is 0 Å². The molecule has 11 heteroatoms. The van der Waals surface area contributed by atoms with Crippen molar-refractivity contribution in [2.45, 2.75) is 103 Å². The summed E-state index contributed by atoms with van der Waals surface area (Å²) in [5.74, 6) is -0.603. The molecular formula is C38H46BFN2O7. The van der Waals surface area contributed by atoms with E-state index in [0.29, 0.717) is 36.6 Å². The lowest BCUT2D eigenvalue weighted by molar-refractivity contribution is -0.123. The molecule has 0 aromatic heterocycles. The van der Waals surface area contributed by atoms with Crippen molar-refractivity contribution in [2.24, 2.45) is 0 Å². The van der Waals surface area contributed by atoms with Gasteiger partial charge in [0.2, 0.25) is 0 Å². The van der Waals surface area contributed by atoms with E-state index in [1.54, 1.807) is 51.0 Å². The van der Waals surface area contributed by atoms with Gasteiger partial charge in [0.1, 0.15) is 35.6 Å². The fourth-order valence-corrected chi connectivity index (χ4v) is 6.84. The van der Waals surface area contributed by atoms with Crippen LogP contribution in [0.4, 0.5) is 14.9 Å². The molecule has 9 nitrogen and oxygen atoms in total. The third kappa shape index (κ3) is 6.75. The van der Waals surface area contributed by atoms with Crippen LogP contribution in [0.25, 0.3) is 0 Å². The van der Waals surface area contributed by atoms with Crippen molar-refractivity contribution in [1.82, 2.24) is 4.90 Å². The van der Waals surface area contributed by atoms with E-state index in [9.17, 15) is 9.59 Å². The summed E-state index contributed by atoms with van der Waals surface area (Å²) in [6, 6.07) is 18.2. The molecule has 0 spiro atoms. The van der Waals surface area contributed by atoms with Crippen LogP contribution in [0.1, 0.15) is 89.9 Å². The Morgan fingerprint density at radius 3 is 2.22 bits per heavy atom. The zero-order valence-electron chi connectivity index (χ0n) is 29.6. The average Bonchev–Trinajstić information content (AvgIpc) is 3.71. The highest BCUT2D eigenvalue weighted by Gasteiger charge is 2.60. The minimum atomic E-state index is -0.881. The number of halogens is 1. The van der Waals surface area contributed by atoms with Crippen LogP contribution >= 0.6 is 0 Å². The molecule has 3 aliphatic heterocycles. The highest BCUT2D eigenvalue weighted by molar-refractivity contribution is 6.48. The molecule has 3 aliphatic rings. The highest BCUT2D eigenvalue weighted by Crippen LogP contribution is 2.55. The predicted molar refractivity (Wildman–Crippen MR) is 185 cm³/mol. The maximum atomic E-state index is 16.6. The molecule has 0 radical (unpaired) electrons. The first-order chi connectivity index (χ1) is 23.1. The van der Waals surface area contributed by atoms with E-state index in [1.807, 2.05) is 70.2 Å². The van der Waals surface area contributed by atoms with E-state index in [1.165, 1.54) is 11.0 Å². The van der Waals surface area contributed by atoms with Gasteiger partial charge in [0.05, 0.1) is 30.0 Å². The van der Waals surface area contributed by atoms with Crippen LogP contribution < -0.4 is 14.4 Å². The maximum absolute atomic E-state index is 16.6. The molecule has 3 aromatic carbocycles. The minimum absolute atomic E-state index is 0.275. The van der Waals surface area contributed by atoms with Gasteiger partial charge in [-0.05, 0) is 84.6 Å². The van der Waals surface area contributed by atoms with Gasteiger partial charge in [-0.25, -0.2) is 9.18 Å². The summed E-state index contributed by atoms with van der Waals surface area (Å²) in [6.07, 6.45) is 0.511. The molecular weight excluding hydrogens is 626 g/mol. The molecule has 49 heavy (non-hydrogen) atoms. The van der Waals surface area contributed by atoms with Crippen LogP contribution in [0.15, 0.2) is 66.7 Å². The summed E-state index contributed by atoms with van der Waals surface area (Å²) in [5.41, 5.74) is 0.432. The first kappa shape index (κ1) is 34.8. The largest absolute Gasteiger partial charge is 0.497 e. The Labute approximate surface area is 288 Å². The number of methoxy groups -OCH3 is 1. The maximum Gasteiger partial charge on any atom is 0.468 e. The summed E-state index contributed by atoms with van der Waals surface area (Å²) in [7, 11) is 0.736. The number of carbonyl (C=O) groups is 2. The lowest BCUT2D eigenvalue weighted by atomic mass is 9.64. The number of hydrogen-bond acceptors (Lipinski definition) is 7. The number of likely N-dealkylation sites (tertiary alicyclic amines) is 1. The molecule has 2 fully saturated rings. The number of benzene rings is 3. The number of fused-ring (bicyclic) bond motifs is 1. The van der Waals surface area contributed by atoms with Gasteiger partial charge in [-0.2, -0.15) is 0 Å². The number of anilines is 1. The second-order valence-electron chi connectivity index (χ2n) is 15.0. The molecule has 0 N–H and O–H groups in total. The molecule has 3 aromatic rings. The van der Waals surface area contributed by atoms with Crippen molar-refractivity contribution in [1.29, 1.82) is 0 Å². The van der Waals surface area contributed by atoms with E-state index >= 15 is 4.39 Å². The first-order valence-corrected chi connectivity index (χ1v) is 16.9. The molecule has 2 amide bonds. The molecule has 6 rings (SSSR count).